The molecule has 0 bridgehead atoms. The van der Waals surface area contributed by atoms with E-state index in [0.29, 0.717) is 11.8 Å². The maximum absolute atomic E-state index is 12.5. The van der Waals surface area contributed by atoms with Gasteiger partial charge in [-0.2, -0.15) is 0 Å². The monoisotopic (exact) mass is 377 g/mol. The lowest BCUT2D eigenvalue weighted by Gasteiger charge is -2.44. The van der Waals surface area contributed by atoms with Gasteiger partial charge in [-0.05, 0) is 49.5 Å². The van der Waals surface area contributed by atoms with Gasteiger partial charge in [0.2, 0.25) is 5.91 Å². The summed E-state index contributed by atoms with van der Waals surface area (Å²) < 4.78 is 24.6. The van der Waals surface area contributed by atoms with E-state index in [1.165, 1.54) is 32.1 Å². The van der Waals surface area contributed by atoms with Crippen molar-refractivity contribution in [1.29, 1.82) is 0 Å². The van der Waals surface area contributed by atoms with Crippen molar-refractivity contribution in [3.8, 4) is 0 Å². The van der Waals surface area contributed by atoms with Crippen molar-refractivity contribution < 1.29 is 13.2 Å². The highest BCUT2D eigenvalue weighted by Crippen LogP contribution is 2.44. The third-order valence-electron chi connectivity index (χ3n) is 6.20. The second-order valence-corrected chi connectivity index (χ2v) is 10.3. The van der Waals surface area contributed by atoms with Gasteiger partial charge in [-0.3, -0.25) is 4.79 Å². The van der Waals surface area contributed by atoms with E-state index in [4.69, 9.17) is 0 Å². The summed E-state index contributed by atoms with van der Waals surface area (Å²) in [5.41, 5.74) is 1.58. The first kappa shape index (κ1) is 19.4. The van der Waals surface area contributed by atoms with E-state index in [-0.39, 0.29) is 17.4 Å². The number of hydrogen-bond acceptors (Lipinski definition) is 3. The summed E-state index contributed by atoms with van der Waals surface area (Å²) in [5.74, 6) is -0.435. The average Bonchev–Trinajstić information content (AvgIpc) is 2.63. The number of amides is 1. The van der Waals surface area contributed by atoms with Gasteiger partial charge in [-0.25, -0.2) is 8.42 Å². The Bertz CT molecular complexity index is 683. The second-order valence-electron chi connectivity index (χ2n) is 8.12. The first-order valence-electron chi connectivity index (χ1n) is 10.0. The lowest BCUT2D eigenvalue weighted by molar-refractivity contribution is -0.131. The molecule has 1 saturated heterocycles. The number of piperidine rings is 1. The summed E-state index contributed by atoms with van der Waals surface area (Å²) in [7, 11) is -3.32. The quantitative estimate of drug-likeness (QED) is 0.761. The lowest BCUT2D eigenvalue weighted by Crippen LogP contribution is -2.45. The standard InChI is InChI=1S/C21H31NO3S/c23-20(22-15-13-21(14-16-22)11-5-2-6-12-21)18-26(24,25)17-7-10-19-8-3-1-4-9-19/h1,3-4,8-9H,2,5-7,10-18H2. The summed E-state index contributed by atoms with van der Waals surface area (Å²) in [6.45, 7) is 1.47. The van der Waals surface area contributed by atoms with Crippen LogP contribution in [0.25, 0.3) is 0 Å². The van der Waals surface area contributed by atoms with Gasteiger partial charge in [0.1, 0.15) is 5.75 Å². The van der Waals surface area contributed by atoms with Crippen LogP contribution in [0.3, 0.4) is 0 Å². The number of hydrogen-bond donors (Lipinski definition) is 0. The van der Waals surface area contributed by atoms with E-state index in [2.05, 4.69) is 0 Å². The Kier molecular flexibility index (Phi) is 6.38. The maximum atomic E-state index is 12.5. The number of benzene rings is 1. The van der Waals surface area contributed by atoms with Crippen molar-refractivity contribution in [3.63, 3.8) is 0 Å². The lowest BCUT2D eigenvalue weighted by atomic mass is 9.68. The predicted molar refractivity (Wildman–Crippen MR) is 105 cm³/mol. The van der Waals surface area contributed by atoms with E-state index in [1.54, 1.807) is 4.90 Å². The minimum Gasteiger partial charge on any atom is -0.342 e. The first-order chi connectivity index (χ1) is 12.5. The van der Waals surface area contributed by atoms with Gasteiger partial charge in [0.25, 0.3) is 0 Å². The van der Waals surface area contributed by atoms with E-state index < -0.39 is 9.84 Å². The Morgan fingerprint density at radius 1 is 0.962 bits per heavy atom. The first-order valence-corrected chi connectivity index (χ1v) is 11.8. The van der Waals surface area contributed by atoms with Gasteiger partial charge >= 0.3 is 0 Å². The molecule has 1 aliphatic heterocycles. The van der Waals surface area contributed by atoms with Crippen LogP contribution in [-0.2, 0) is 21.1 Å². The van der Waals surface area contributed by atoms with Crippen LogP contribution < -0.4 is 0 Å². The Morgan fingerprint density at radius 3 is 2.27 bits per heavy atom. The van der Waals surface area contributed by atoms with Crippen molar-refractivity contribution in [2.45, 2.75) is 57.8 Å². The fourth-order valence-electron chi connectivity index (χ4n) is 4.52. The van der Waals surface area contributed by atoms with Crippen molar-refractivity contribution in [2.24, 2.45) is 5.41 Å². The molecule has 0 N–H and O–H groups in total. The summed E-state index contributed by atoms with van der Waals surface area (Å²) in [4.78, 5) is 14.3. The minimum atomic E-state index is -3.32. The molecule has 1 spiro atoms. The maximum Gasteiger partial charge on any atom is 0.237 e. The van der Waals surface area contributed by atoms with Crippen LogP contribution in [0, 0.1) is 5.41 Å². The normalized spacial score (nSPS) is 20.2. The molecule has 2 aliphatic rings. The molecule has 0 unspecified atom stereocenters. The largest absolute Gasteiger partial charge is 0.342 e. The molecular formula is C21H31NO3S. The number of aryl methyl sites for hydroxylation is 1. The van der Waals surface area contributed by atoms with Gasteiger partial charge in [0.05, 0.1) is 5.75 Å². The van der Waals surface area contributed by atoms with Crippen LogP contribution in [0.5, 0.6) is 0 Å². The molecule has 3 rings (SSSR count). The molecule has 5 heteroatoms. The highest BCUT2D eigenvalue weighted by Gasteiger charge is 2.37. The SMILES string of the molecule is O=C(CS(=O)(=O)CCCc1ccccc1)N1CCC2(CCCCC2)CC1. The molecule has 2 fully saturated rings. The molecule has 4 nitrogen and oxygen atoms in total. The molecule has 0 atom stereocenters. The zero-order valence-corrected chi connectivity index (χ0v) is 16.5. The number of carbonyl (C=O) groups is 1. The van der Waals surface area contributed by atoms with Crippen LogP contribution in [0.4, 0.5) is 0 Å². The van der Waals surface area contributed by atoms with Crippen LogP contribution in [0.1, 0.15) is 56.9 Å². The Labute approximate surface area is 157 Å². The van der Waals surface area contributed by atoms with Crippen LogP contribution in [0.15, 0.2) is 30.3 Å². The molecule has 26 heavy (non-hydrogen) atoms. The fourth-order valence-corrected chi connectivity index (χ4v) is 5.81. The number of carbonyl (C=O) groups excluding carboxylic acids is 1. The van der Waals surface area contributed by atoms with Gasteiger partial charge in [0.15, 0.2) is 9.84 Å². The average molecular weight is 378 g/mol. The molecule has 144 valence electrons. The molecule has 0 radical (unpaired) electrons. The third-order valence-corrected chi connectivity index (χ3v) is 7.80. The summed E-state index contributed by atoms with van der Waals surface area (Å²) >= 11 is 0. The van der Waals surface area contributed by atoms with E-state index in [1.807, 2.05) is 30.3 Å². The summed E-state index contributed by atoms with van der Waals surface area (Å²) in [6, 6.07) is 9.89. The highest BCUT2D eigenvalue weighted by molar-refractivity contribution is 7.92. The topological polar surface area (TPSA) is 54.5 Å². The molecule has 1 aromatic rings. The van der Waals surface area contributed by atoms with Gasteiger partial charge in [-0.15, -0.1) is 0 Å². The number of likely N-dealkylation sites (tertiary alicyclic amines) is 1. The van der Waals surface area contributed by atoms with Crippen molar-refractivity contribution in [1.82, 2.24) is 4.90 Å². The van der Waals surface area contributed by atoms with Crippen LogP contribution in [-0.4, -0.2) is 43.8 Å². The molecular weight excluding hydrogens is 346 g/mol. The molecule has 1 heterocycles. The molecule has 1 aromatic carbocycles. The van der Waals surface area contributed by atoms with Crippen molar-refractivity contribution >= 4 is 15.7 Å². The van der Waals surface area contributed by atoms with Crippen LogP contribution in [0.2, 0.25) is 0 Å². The van der Waals surface area contributed by atoms with E-state index in [9.17, 15) is 13.2 Å². The zero-order valence-electron chi connectivity index (χ0n) is 15.7. The predicted octanol–water partition coefficient (Wildman–Crippen LogP) is 3.61. The van der Waals surface area contributed by atoms with E-state index in [0.717, 1.165) is 37.9 Å². The van der Waals surface area contributed by atoms with Crippen molar-refractivity contribution in [2.75, 3.05) is 24.6 Å². The minimum absolute atomic E-state index is 0.0887. The molecule has 1 aliphatic carbocycles. The Morgan fingerprint density at radius 2 is 1.62 bits per heavy atom. The van der Waals surface area contributed by atoms with Gasteiger partial charge in [-0.1, -0.05) is 49.6 Å². The number of rotatable bonds is 6. The highest BCUT2D eigenvalue weighted by atomic mass is 32.2. The molecule has 1 amide bonds. The smallest absolute Gasteiger partial charge is 0.237 e. The van der Waals surface area contributed by atoms with E-state index >= 15 is 0 Å². The third kappa shape index (κ3) is 5.32. The molecule has 0 aromatic heterocycles. The number of sulfone groups is 1. The van der Waals surface area contributed by atoms with Crippen molar-refractivity contribution in [3.05, 3.63) is 35.9 Å². The second kappa shape index (κ2) is 8.55. The van der Waals surface area contributed by atoms with Crippen LogP contribution >= 0.6 is 0 Å². The Balaban J connectivity index is 1.43. The van der Waals surface area contributed by atoms with Gasteiger partial charge < -0.3 is 4.90 Å². The van der Waals surface area contributed by atoms with Gasteiger partial charge in [0, 0.05) is 13.1 Å². The Hall–Kier alpha value is -1.36. The zero-order chi connectivity index (χ0) is 18.5. The summed E-state index contributed by atoms with van der Waals surface area (Å²) in [6.07, 6.45) is 9.93. The fraction of sp³-hybridized carbons (Fsp3) is 0.667. The summed E-state index contributed by atoms with van der Waals surface area (Å²) in [5, 5.41) is 0. The number of nitrogens with zero attached hydrogens (tertiary/aromatic N) is 1. The molecule has 1 saturated carbocycles.